The van der Waals surface area contributed by atoms with Crippen molar-refractivity contribution in [2.24, 2.45) is 0 Å². The van der Waals surface area contributed by atoms with Gasteiger partial charge in [-0.1, -0.05) is 6.58 Å². The molecule has 0 radical (unpaired) electrons. The van der Waals surface area contributed by atoms with Gasteiger partial charge in [0.2, 0.25) is 5.69 Å². The van der Waals surface area contributed by atoms with Gasteiger partial charge >= 0.3 is 5.56 Å². The summed E-state index contributed by atoms with van der Waals surface area (Å²) in [6.45, 7) is 3.20. The second kappa shape index (κ2) is 5.41. The molecule has 0 aliphatic carbocycles. The molecule has 7 nitrogen and oxygen atoms in total. The number of nitrogens with one attached hydrogen (secondary N) is 1. The van der Waals surface area contributed by atoms with Crippen LogP contribution in [0.4, 0.5) is 0 Å². The van der Waals surface area contributed by atoms with E-state index in [4.69, 9.17) is 9.84 Å². The number of H-pyrrole nitrogens is 1. The standard InChI is InChI=1S/C11H13BrN2O5/c1-5(12)6-3-13-11(17)10(14(6)18)8-2-7(16)9(4-15)19-8/h3,7-9,15-16H,1-2,4H2,(H,13,17)/t7-,8?,9+/m0/s1. The van der Waals surface area contributed by atoms with Crippen LogP contribution in [0.15, 0.2) is 17.6 Å². The van der Waals surface area contributed by atoms with E-state index in [0.717, 1.165) is 0 Å². The van der Waals surface area contributed by atoms with Crippen LogP contribution in [0.25, 0.3) is 4.48 Å². The monoisotopic (exact) mass is 332 g/mol. The van der Waals surface area contributed by atoms with Crippen molar-refractivity contribution < 1.29 is 19.7 Å². The summed E-state index contributed by atoms with van der Waals surface area (Å²) in [4.78, 5) is 14.2. The van der Waals surface area contributed by atoms with E-state index in [2.05, 4.69) is 27.5 Å². The number of hydrogen-bond acceptors (Lipinski definition) is 5. The minimum Gasteiger partial charge on any atom is -0.618 e. The molecule has 0 aromatic carbocycles. The normalized spacial score (nSPS) is 26.6. The Hall–Kier alpha value is -1.22. The summed E-state index contributed by atoms with van der Waals surface area (Å²) in [6, 6.07) is 0. The highest BCUT2D eigenvalue weighted by atomic mass is 79.9. The van der Waals surface area contributed by atoms with E-state index >= 15 is 0 Å². The van der Waals surface area contributed by atoms with Crippen molar-refractivity contribution >= 4 is 20.4 Å². The number of hydrogen-bond donors (Lipinski definition) is 3. The van der Waals surface area contributed by atoms with Gasteiger partial charge in [-0.05, 0) is 15.9 Å². The van der Waals surface area contributed by atoms with Crippen molar-refractivity contribution in [3.63, 3.8) is 0 Å². The minimum absolute atomic E-state index is 0.0781. The maximum Gasteiger partial charge on any atom is 0.319 e. The first kappa shape index (κ1) is 14.2. The van der Waals surface area contributed by atoms with E-state index in [-0.39, 0.29) is 24.4 Å². The molecule has 0 spiro atoms. The van der Waals surface area contributed by atoms with Crippen LogP contribution in [0.1, 0.15) is 23.9 Å². The zero-order valence-corrected chi connectivity index (χ0v) is 11.5. The van der Waals surface area contributed by atoms with E-state index < -0.39 is 23.9 Å². The Morgan fingerprint density at radius 2 is 2.42 bits per heavy atom. The Balaban J connectivity index is 2.43. The molecule has 1 fully saturated rings. The molecule has 2 rings (SSSR count). The first-order chi connectivity index (χ1) is 8.95. The lowest BCUT2D eigenvalue weighted by Gasteiger charge is -2.12. The Morgan fingerprint density at radius 3 is 2.95 bits per heavy atom. The number of ether oxygens (including phenoxy) is 1. The fourth-order valence-corrected chi connectivity index (χ4v) is 2.30. The third-order valence-corrected chi connectivity index (χ3v) is 3.40. The maximum atomic E-state index is 12.1. The van der Waals surface area contributed by atoms with Gasteiger partial charge in [0.1, 0.15) is 6.10 Å². The molecule has 1 saturated heterocycles. The maximum absolute atomic E-state index is 12.1. The van der Waals surface area contributed by atoms with Crippen LogP contribution in [0.5, 0.6) is 0 Å². The predicted octanol–water partition coefficient (Wildman–Crippen LogP) is -0.443. The quantitative estimate of drug-likeness (QED) is 0.513. The SMILES string of the molecule is C=C(Br)c1c[nH]c(=O)c(C2C[C@H](O)[C@@H](CO)O2)[n+]1[O-]. The lowest BCUT2D eigenvalue weighted by Crippen LogP contribution is -2.44. The molecule has 3 atom stereocenters. The van der Waals surface area contributed by atoms with Gasteiger partial charge in [0, 0.05) is 6.42 Å². The molecule has 0 bridgehead atoms. The first-order valence-corrected chi connectivity index (χ1v) is 6.39. The average Bonchev–Trinajstić information content (AvgIpc) is 2.70. The van der Waals surface area contributed by atoms with Crippen molar-refractivity contribution in [2.45, 2.75) is 24.7 Å². The van der Waals surface area contributed by atoms with Gasteiger partial charge in [-0.15, -0.1) is 0 Å². The van der Waals surface area contributed by atoms with E-state index in [1.165, 1.54) is 6.20 Å². The highest BCUT2D eigenvalue weighted by Gasteiger charge is 2.40. The molecule has 104 valence electrons. The molecular formula is C11H13BrN2O5. The molecule has 0 amide bonds. The van der Waals surface area contributed by atoms with Crippen LogP contribution in [-0.2, 0) is 4.74 Å². The van der Waals surface area contributed by atoms with Gasteiger partial charge < -0.3 is 25.1 Å². The second-order valence-corrected chi connectivity index (χ2v) is 5.19. The van der Waals surface area contributed by atoms with Crippen LogP contribution in [0, 0.1) is 5.21 Å². The van der Waals surface area contributed by atoms with Crippen LogP contribution < -0.4 is 10.3 Å². The number of nitrogens with zero attached hydrogens (tertiary/aromatic N) is 1. The molecule has 1 aliphatic rings. The largest absolute Gasteiger partial charge is 0.618 e. The van der Waals surface area contributed by atoms with Crippen molar-refractivity contribution in [1.82, 2.24) is 4.98 Å². The van der Waals surface area contributed by atoms with Crippen LogP contribution in [0.2, 0.25) is 0 Å². The molecule has 1 aliphatic heterocycles. The summed E-state index contributed by atoms with van der Waals surface area (Å²) in [7, 11) is 0. The van der Waals surface area contributed by atoms with E-state index in [0.29, 0.717) is 9.21 Å². The molecule has 1 unspecified atom stereocenters. The summed E-state index contributed by atoms with van der Waals surface area (Å²) in [5.74, 6) is 0. The first-order valence-electron chi connectivity index (χ1n) is 5.60. The number of aromatic amines is 1. The summed E-state index contributed by atoms with van der Waals surface area (Å²) >= 11 is 3.07. The predicted molar refractivity (Wildman–Crippen MR) is 69.3 cm³/mol. The van der Waals surface area contributed by atoms with Crippen molar-refractivity contribution in [3.8, 4) is 0 Å². The van der Waals surface area contributed by atoms with Crippen molar-refractivity contribution in [2.75, 3.05) is 6.61 Å². The lowest BCUT2D eigenvalue weighted by atomic mass is 10.1. The number of aliphatic hydroxyl groups is 2. The molecule has 0 saturated carbocycles. The highest BCUT2D eigenvalue weighted by molar-refractivity contribution is 9.15. The molecule has 1 aromatic heterocycles. The summed E-state index contributed by atoms with van der Waals surface area (Å²) in [6.07, 6.45) is -1.25. The van der Waals surface area contributed by atoms with Crippen molar-refractivity contribution in [1.29, 1.82) is 0 Å². The van der Waals surface area contributed by atoms with E-state index in [9.17, 15) is 15.1 Å². The molecule has 1 aromatic rings. The fraction of sp³-hybridized carbons (Fsp3) is 0.455. The minimum atomic E-state index is -0.912. The average molecular weight is 333 g/mol. The lowest BCUT2D eigenvalue weighted by molar-refractivity contribution is -0.622. The Bertz CT molecular complexity index is 559. The number of rotatable bonds is 3. The van der Waals surface area contributed by atoms with E-state index in [1.807, 2.05) is 0 Å². The topological polar surface area (TPSA) is 109 Å². The zero-order chi connectivity index (χ0) is 14.2. The summed E-state index contributed by atoms with van der Waals surface area (Å²) in [5.41, 5.74) is -0.600. The van der Waals surface area contributed by atoms with Gasteiger partial charge in [-0.25, -0.2) is 0 Å². The molecule has 19 heavy (non-hydrogen) atoms. The summed E-state index contributed by atoms with van der Waals surface area (Å²) in [5, 5.41) is 30.8. The second-order valence-electron chi connectivity index (χ2n) is 4.24. The summed E-state index contributed by atoms with van der Waals surface area (Å²) < 4.78 is 6.06. The van der Waals surface area contributed by atoms with Crippen LogP contribution in [-0.4, -0.2) is 34.0 Å². The van der Waals surface area contributed by atoms with Gasteiger partial charge in [-0.2, -0.15) is 4.73 Å². The Labute approximate surface area is 116 Å². The van der Waals surface area contributed by atoms with Gasteiger partial charge in [0.05, 0.1) is 23.4 Å². The zero-order valence-electron chi connectivity index (χ0n) is 9.88. The van der Waals surface area contributed by atoms with Crippen LogP contribution in [0.3, 0.4) is 0 Å². The van der Waals surface area contributed by atoms with E-state index in [1.54, 1.807) is 0 Å². The van der Waals surface area contributed by atoms with Gasteiger partial charge in [0.15, 0.2) is 6.10 Å². The van der Waals surface area contributed by atoms with Gasteiger partial charge in [0.25, 0.3) is 5.69 Å². The molecular weight excluding hydrogens is 320 g/mol. The number of aliphatic hydroxyl groups excluding tert-OH is 2. The van der Waals surface area contributed by atoms with Crippen LogP contribution >= 0.6 is 15.9 Å². The third-order valence-electron chi connectivity index (χ3n) is 3.00. The Morgan fingerprint density at radius 1 is 1.74 bits per heavy atom. The fourth-order valence-electron chi connectivity index (χ4n) is 2.02. The molecule has 8 heteroatoms. The number of halogens is 1. The molecule has 2 heterocycles. The highest BCUT2D eigenvalue weighted by Crippen LogP contribution is 2.30. The number of aromatic nitrogens is 2. The third kappa shape index (κ3) is 2.57. The smallest absolute Gasteiger partial charge is 0.319 e. The van der Waals surface area contributed by atoms with Crippen molar-refractivity contribution in [3.05, 3.63) is 39.7 Å². The van der Waals surface area contributed by atoms with Gasteiger partial charge in [-0.3, -0.25) is 4.79 Å². The molecule has 3 N–H and O–H groups in total. The Kier molecular flexibility index (Phi) is 4.04.